The molecular weight excluding hydrogens is 261 g/mol. The maximum Gasteiger partial charge on any atom is 0.237 e. The summed E-state index contributed by atoms with van der Waals surface area (Å²) in [6.45, 7) is 1.68. The zero-order valence-electron chi connectivity index (χ0n) is 9.55. The van der Waals surface area contributed by atoms with E-state index < -0.39 is 6.04 Å². The highest BCUT2D eigenvalue weighted by Gasteiger charge is 2.47. The minimum Gasteiger partial charge on any atom is -0.344 e. The summed E-state index contributed by atoms with van der Waals surface area (Å²) in [5, 5.41) is 2.96. The molecule has 1 fully saturated rings. The van der Waals surface area contributed by atoms with E-state index in [9.17, 15) is 4.79 Å². The predicted octanol–water partition coefficient (Wildman–Crippen LogP) is 1.38. The van der Waals surface area contributed by atoms with E-state index in [1.807, 2.05) is 18.2 Å². The number of nitrogens with two attached hydrogens (primary N) is 1. The fourth-order valence-electron chi connectivity index (χ4n) is 1.57. The molecule has 4 nitrogen and oxygen atoms in total. The van der Waals surface area contributed by atoms with Crippen molar-refractivity contribution in [3.8, 4) is 0 Å². The number of carbonyl (C=O) groups excluding carboxylic acids is 1. The Bertz CT molecular complexity index is 366. The van der Waals surface area contributed by atoms with E-state index in [0.717, 1.165) is 18.5 Å². The lowest BCUT2D eigenvalue weighted by atomic mass is 10.1. The summed E-state index contributed by atoms with van der Waals surface area (Å²) in [7, 11) is 0. The third-order valence-electron chi connectivity index (χ3n) is 2.68. The maximum atomic E-state index is 11.5. The van der Waals surface area contributed by atoms with Crippen LogP contribution in [-0.4, -0.2) is 16.9 Å². The topological polar surface area (TPSA) is 68.0 Å². The lowest BCUT2D eigenvalue weighted by Gasteiger charge is -2.18. The molecule has 0 aliphatic heterocycles. The van der Waals surface area contributed by atoms with Gasteiger partial charge in [-0.05, 0) is 31.9 Å². The first-order valence-corrected chi connectivity index (χ1v) is 5.13. The summed E-state index contributed by atoms with van der Waals surface area (Å²) in [6.07, 6.45) is 3.64. The maximum absolute atomic E-state index is 11.5. The number of nitrogens with zero attached hydrogens (tertiary/aromatic N) is 1. The molecule has 17 heavy (non-hydrogen) atoms. The molecule has 1 aliphatic carbocycles. The van der Waals surface area contributed by atoms with E-state index in [0.29, 0.717) is 0 Å². The summed E-state index contributed by atoms with van der Waals surface area (Å²) in [6, 6.07) is 5.27. The van der Waals surface area contributed by atoms with Crippen molar-refractivity contribution in [2.75, 3.05) is 0 Å². The van der Waals surface area contributed by atoms with E-state index in [-0.39, 0.29) is 36.3 Å². The van der Waals surface area contributed by atoms with Gasteiger partial charge in [0.1, 0.15) is 0 Å². The molecule has 1 heterocycles. The number of carbonyl (C=O) groups is 1. The summed E-state index contributed by atoms with van der Waals surface area (Å²) < 4.78 is 0. The van der Waals surface area contributed by atoms with Crippen LogP contribution < -0.4 is 11.1 Å². The number of amides is 1. The van der Waals surface area contributed by atoms with Crippen LogP contribution in [-0.2, 0) is 10.3 Å². The van der Waals surface area contributed by atoms with E-state index in [1.165, 1.54) is 0 Å². The zero-order valence-corrected chi connectivity index (χ0v) is 11.2. The van der Waals surface area contributed by atoms with Gasteiger partial charge in [-0.3, -0.25) is 9.78 Å². The van der Waals surface area contributed by atoms with Crippen LogP contribution in [0.1, 0.15) is 25.5 Å². The van der Waals surface area contributed by atoms with Crippen molar-refractivity contribution in [2.24, 2.45) is 5.73 Å². The first kappa shape index (κ1) is 16.2. The molecule has 0 saturated heterocycles. The third-order valence-corrected chi connectivity index (χ3v) is 2.68. The molecule has 3 N–H and O–H groups in total. The normalized spacial score (nSPS) is 17.1. The van der Waals surface area contributed by atoms with Crippen LogP contribution in [0.2, 0.25) is 0 Å². The Morgan fingerprint density at radius 1 is 1.47 bits per heavy atom. The Kier molecular flexibility index (Phi) is 5.88. The van der Waals surface area contributed by atoms with Crippen LogP contribution in [0.5, 0.6) is 0 Å². The van der Waals surface area contributed by atoms with Gasteiger partial charge < -0.3 is 11.1 Å². The molecular formula is C11H17Cl2N3O. The van der Waals surface area contributed by atoms with Crippen molar-refractivity contribution in [2.45, 2.75) is 31.3 Å². The zero-order chi connectivity index (χ0) is 10.9. The van der Waals surface area contributed by atoms with Gasteiger partial charge in [-0.25, -0.2) is 0 Å². The van der Waals surface area contributed by atoms with Gasteiger partial charge >= 0.3 is 0 Å². The summed E-state index contributed by atoms with van der Waals surface area (Å²) >= 11 is 0. The number of aromatic nitrogens is 1. The van der Waals surface area contributed by atoms with Gasteiger partial charge in [0.15, 0.2) is 0 Å². The highest BCUT2D eigenvalue weighted by atomic mass is 35.5. The second-order valence-electron chi connectivity index (χ2n) is 4.08. The van der Waals surface area contributed by atoms with Crippen molar-refractivity contribution in [1.29, 1.82) is 0 Å². The van der Waals surface area contributed by atoms with Crippen LogP contribution in [0.4, 0.5) is 0 Å². The van der Waals surface area contributed by atoms with Crippen LogP contribution in [0.15, 0.2) is 24.4 Å². The fourth-order valence-corrected chi connectivity index (χ4v) is 1.57. The molecule has 1 amide bonds. The minimum absolute atomic E-state index is 0. The van der Waals surface area contributed by atoms with Crippen LogP contribution >= 0.6 is 24.8 Å². The Labute approximate surface area is 113 Å². The Morgan fingerprint density at radius 3 is 2.53 bits per heavy atom. The number of hydrogen-bond acceptors (Lipinski definition) is 3. The van der Waals surface area contributed by atoms with Crippen molar-refractivity contribution >= 4 is 30.7 Å². The van der Waals surface area contributed by atoms with Crippen molar-refractivity contribution in [1.82, 2.24) is 10.3 Å². The van der Waals surface area contributed by atoms with E-state index >= 15 is 0 Å². The monoisotopic (exact) mass is 277 g/mol. The number of nitrogens with one attached hydrogen (secondary N) is 1. The van der Waals surface area contributed by atoms with Gasteiger partial charge in [-0.2, -0.15) is 0 Å². The smallest absolute Gasteiger partial charge is 0.237 e. The molecule has 6 heteroatoms. The Balaban J connectivity index is 0.00000128. The van der Waals surface area contributed by atoms with Crippen LogP contribution in [0.3, 0.4) is 0 Å². The molecule has 1 saturated carbocycles. The van der Waals surface area contributed by atoms with Gasteiger partial charge in [0.2, 0.25) is 5.91 Å². The van der Waals surface area contributed by atoms with Crippen LogP contribution in [0, 0.1) is 0 Å². The molecule has 0 radical (unpaired) electrons. The number of pyridine rings is 1. The second-order valence-corrected chi connectivity index (χ2v) is 4.08. The molecule has 0 bridgehead atoms. The number of hydrogen-bond donors (Lipinski definition) is 2. The summed E-state index contributed by atoms with van der Waals surface area (Å²) in [5.74, 6) is -0.113. The molecule has 0 aromatic carbocycles. The second kappa shape index (κ2) is 6.19. The Hall–Kier alpha value is -0.840. The lowest BCUT2D eigenvalue weighted by molar-refractivity contribution is -0.123. The molecule has 1 aromatic rings. The predicted molar refractivity (Wildman–Crippen MR) is 71.4 cm³/mol. The van der Waals surface area contributed by atoms with Crippen molar-refractivity contribution in [3.05, 3.63) is 30.1 Å². The van der Waals surface area contributed by atoms with Gasteiger partial charge in [0.25, 0.3) is 0 Å². The molecule has 1 aromatic heterocycles. The third kappa shape index (κ3) is 3.56. The number of halogens is 2. The van der Waals surface area contributed by atoms with Gasteiger partial charge in [-0.15, -0.1) is 24.8 Å². The first-order chi connectivity index (χ1) is 7.14. The molecule has 0 spiro atoms. The molecule has 2 rings (SSSR count). The first-order valence-electron chi connectivity index (χ1n) is 5.13. The highest BCUT2D eigenvalue weighted by Crippen LogP contribution is 2.44. The number of rotatable bonds is 3. The van der Waals surface area contributed by atoms with E-state index in [4.69, 9.17) is 5.73 Å². The molecule has 96 valence electrons. The SMILES string of the molecule is CC(N)C(=O)NC1(c2ccccn2)CC1.Cl.Cl. The van der Waals surface area contributed by atoms with E-state index in [1.54, 1.807) is 13.1 Å². The van der Waals surface area contributed by atoms with Crippen LogP contribution in [0.25, 0.3) is 0 Å². The van der Waals surface area contributed by atoms with Gasteiger partial charge in [0, 0.05) is 6.20 Å². The average Bonchev–Trinajstić information content (AvgIpc) is 3.00. The van der Waals surface area contributed by atoms with Crippen molar-refractivity contribution < 1.29 is 4.79 Å². The average molecular weight is 278 g/mol. The largest absolute Gasteiger partial charge is 0.344 e. The minimum atomic E-state index is -0.466. The van der Waals surface area contributed by atoms with Gasteiger partial charge in [-0.1, -0.05) is 6.07 Å². The quantitative estimate of drug-likeness (QED) is 0.877. The van der Waals surface area contributed by atoms with Gasteiger partial charge in [0.05, 0.1) is 17.3 Å². The van der Waals surface area contributed by atoms with E-state index in [2.05, 4.69) is 10.3 Å². The standard InChI is InChI=1S/C11H15N3O.2ClH/c1-8(12)10(15)14-11(5-6-11)9-4-2-3-7-13-9;;/h2-4,7-8H,5-6,12H2,1H3,(H,14,15);2*1H. The Morgan fingerprint density at radius 2 is 2.12 bits per heavy atom. The fraction of sp³-hybridized carbons (Fsp3) is 0.455. The summed E-state index contributed by atoms with van der Waals surface area (Å²) in [5.41, 5.74) is 6.20. The lowest BCUT2D eigenvalue weighted by Crippen LogP contribution is -2.44. The molecule has 1 unspecified atom stereocenters. The molecule has 1 atom stereocenters. The highest BCUT2D eigenvalue weighted by molar-refractivity contribution is 5.85. The van der Waals surface area contributed by atoms with Crippen molar-refractivity contribution in [3.63, 3.8) is 0 Å². The summed E-state index contributed by atoms with van der Waals surface area (Å²) in [4.78, 5) is 15.8. The molecule has 1 aliphatic rings.